The summed E-state index contributed by atoms with van der Waals surface area (Å²) in [6.07, 6.45) is 2.41. The second kappa shape index (κ2) is 8.73. The zero-order valence-corrected chi connectivity index (χ0v) is 13.0. The minimum atomic E-state index is -0.772. The minimum Gasteiger partial charge on any atom is -0.481 e. The van der Waals surface area contributed by atoms with Crippen LogP contribution >= 0.6 is 0 Å². The number of aliphatic carboxylic acids is 1. The molecule has 0 atom stereocenters. The van der Waals surface area contributed by atoms with Gasteiger partial charge in [-0.15, -0.1) is 0 Å². The Morgan fingerprint density at radius 3 is 2.30 bits per heavy atom. The molecule has 0 aliphatic rings. The van der Waals surface area contributed by atoms with Gasteiger partial charge in [-0.25, -0.2) is 0 Å². The number of carboxylic acids is 1. The van der Waals surface area contributed by atoms with E-state index in [1.165, 1.54) is 0 Å². The van der Waals surface area contributed by atoms with Crippen molar-refractivity contribution in [3.63, 3.8) is 0 Å². The number of carboxylic acid groups (broad SMARTS) is 1. The van der Waals surface area contributed by atoms with Crippen LogP contribution < -0.4 is 5.32 Å². The van der Waals surface area contributed by atoms with Crippen LogP contribution in [0.5, 0.6) is 0 Å². The molecule has 2 aromatic carbocycles. The Hall–Kier alpha value is -2.62. The smallest absolute Gasteiger partial charge is 0.303 e. The summed E-state index contributed by atoms with van der Waals surface area (Å²) in [7, 11) is 0. The molecule has 23 heavy (non-hydrogen) atoms. The lowest BCUT2D eigenvalue weighted by molar-refractivity contribution is -0.137. The van der Waals surface area contributed by atoms with Crippen LogP contribution in [0, 0.1) is 0 Å². The van der Waals surface area contributed by atoms with Crippen LogP contribution in [0.15, 0.2) is 54.6 Å². The van der Waals surface area contributed by atoms with E-state index in [9.17, 15) is 9.59 Å². The van der Waals surface area contributed by atoms with E-state index in [1.807, 2.05) is 54.6 Å². The first kappa shape index (κ1) is 16.7. The third kappa shape index (κ3) is 5.25. The van der Waals surface area contributed by atoms with Gasteiger partial charge < -0.3 is 10.4 Å². The van der Waals surface area contributed by atoms with Gasteiger partial charge in [-0.1, -0.05) is 55.0 Å². The molecule has 0 fully saturated rings. The van der Waals surface area contributed by atoms with Gasteiger partial charge >= 0.3 is 5.97 Å². The van der Waals surface area contributed by atoms with Crippen LogP contribution in [-0.4, -0.2) is 23.5 Å². The van der Waals surface area contributed by atoms with Crippen molar-refractivity contribution in [3.05, 3.63) is 60.2 Å². The molecule has 0 radical (unpaired) electrons. The maximum absolute atomic E-state index is 12.4. The molecule has 4 nitrogen and oxygen atoms in total. The fourth-order valence-corrected chi connectivity index (χ4v) is 2.43. The molecule has 0 unspecified atom stereocenters. The third-order valence-corrected chi connectivity index (χ3v) is 3.61. The first-order chi connectivity index (χ1) is 11.2. The van der Waals surface area contributed by atoms with E-state index >= 15 is 0 Å². The van der Waals surface area contributed by atoms with Crippen molar-refractivity contribution >= 4 is 11.9 Å². The van der Waals surface area contributed by atoms with Gasteiger partial charge in [-0.05, 0) is 30.0 Å². The molecule has 0 heterocycles. The average molecular weight is 311 g/mol. The lowest BCUT2D eigenvalue weighted by Gasteiger charge is -2.10. The van der Waals surface area contributed by atoms with Crippen molar-refractivity contribution in [1.82, 2.24) is 5.32 Å². The maximum atomic E-state index is 12.4. The highest BCUT2D eigenvalue weighted by Crippen LogP contribution is 2.23. The normalized spacial score (nSPS) is 10.3. The van der Waals surface area contributed by atoms with Gasteiger partial charge in [0.05, 0.1) is 0 Å². The molecule has 0 aliphatic carbocycles. The van der Waals surface area contributed by atoms with Crippen molar-refractivity contribution in [2.24, 2.45) is 0 Å². The molecule has 2 aromatic rings. The molecule has 0 bridgehead atoms. The summed E-state index contributed by atoms with van der Waals surface area (Å²) in [6, 6.07) is 17.4. The predicted molar refractivity (Wildman–Crippen MR) is 90.3 cm³/mol. The summed E-state index contributed by atoms with van der Waals surface area (Å²) in [5.41, 5.74) is 2.58. The second-order valence-corrected chi connectivity index (χ2v) is 5.37. The minimum absolute atomic E-state index is 0.0947. The highest BCUT2D eigenvalue weighted by atomic mass is 16.4. The van der Waals surface area contributed by atoms with Gasteiger partial charge in [0, 0.05) is 18.5 Å². The Morgan fingerprint density at radius 1 is 0.870 bits per heavy atom. The number of hydrogen-bond donors (Lipinski definition) is 2. The SMILES string of the molecule is O=C(O)CCCCCNC(=O)c1ccccc1-c1ccccc1. The van der Waals surface area contributed by atoms with Crippen LogP contribution in [-0.2, 0) is 4.79 Å². The maximum Gasteiger partial charge on any atom is 0.303 e. The highest BCUT2D eigenvalue weighted by molar-refractivity contribution is 6.00. The zero-order chi connectivity index (χ0) is 16.5. The highest BCUT2D eigenvalue weighted by Gasteiger charge is 2.11. The van der Waals surface area contributed by atoms with Crippen molar-refractivity contribution in [2.45, 2.75) is 25.7 Å². The Bertz CT molecular complexity index is 653. The molecule has 0 aromatic heterocycles. The van der Waals surface area contributed by atoms with Gasteiger partial charge in [0.15, 0.2) is 0 Å². The van der Waals surface area contributed by atoms with Crippen molar-refractivity contribution in [1.29, 1.82) is 0 Å². The quantitative estimate of drug-likeness (QED) is 0.730. The van der Waals surface area contributed by atoms with E-state index in [4.69, 9.17) is 5.11 Å². The fraction of sp³-hybridized carbons (Fsp3) is 0.263. The van der Waals surface area contributed by atoms with Gasteiger partial charge in [-0.3, -0.25) is 9.59 Å². The Morgan fingerprint density at radius 2 is 1.57 bits per heavy atom. The van der Waals surface area contributed by atoms with E-state index in [0.29, 0.717) is 18.5 Å². The van der Waals surface area contributed by atoms with E-state index in [-0.39, 0.29) is 12.3 Å². The van der Waals surface area contributed by atoms with Crippen molar-refractivity contribution in [2.75, 3.05) is 6.54 Å². The predicted octanol–water partition coefficient (Wildman–Crippen LogP) is 3.73. The van der Waals surface area contributed by atoms with Gasteiger partial charge in [-0.2, -0.15) is 0 Å². The average Bonchev–Trinajstić information content (AvgIpc) is 2.58. The Balaban J connectivity index is 1.92. The standard InChI is InChI=1S/C19H21NO3/c21-18(22)13-5-2-8-14-20-19(23)17-12-7-6-11-16(17)15-9-3-1-4-10-15/h1,3-4,6-7,9-12H,2,5,8,13-14H2,(H,20,23)(H,21,22). The van der Waals surface area contributed by atoms with Gasteiger partial charge in [0.25, 0.3) is 5.91 Å². The number of benzene rings is 2. The van der Waals surface area contributed by atoms with Crippen LogP contribution in [0.3, 0.4) is 0 Å². The molecule has 2 N–H and O–H groups in total. The molecule has 4 heteroatoms. The molecule has 120 valence electrons. The summed E-state index contributed by atoms with van der Waals surface area (Å²) in [4.78, 5) is 22.8. The van der Waals surface area contributed by atoms with E-state index in [1.54, 1.807) is 0 Å². The van der Waals surface area contributed by atoms with Gasteiger partial charge in [0.1, 0.15) is 0 Å². The Labute approximate surface area is 136 Å². The van der Waals surface area contributed by atoms with Crippen molar-refractivity contribution in [3.8, 4) is 11.1 Å². The molecule has 0 aliphatic heterocycles. The monoisotopic (exact) mass is 311 g/mol. The first-order valence-corrected chi connectivity index (χ1v) is 7.83. The van der Waals surface area contributed by atoms with E-state index in [2.05, 4.69) is 5.32 Å². The summed E-state index contributed by atoms with van der Waals surface area (Å²) >= 11 is 0. The number of rotatable bonds is 8. The summed E-state index contributed by atoms with van der Waals surface area (Å²) < 4.78 is 0. The fourth-order valence-electron chi connectivity index (χ4n) is 2.43. The summed E-state index contributed by atoms with van der Waals surface area (Å²) in [6.45, 7) is 0.557. The molecular formula is C19H21NO3. The topological polar surface area (TPSA) is 66.4 Å². The second-order valence-electron chi connectivity index (χ2n) is 5.37. The molecule has 2 rings (SSSR count). The van der Waals surface area contributed by atoms with Crippen LogP contribution in [0.1, 0.15) is 36.0 Å². The number of unbranched alkanes of at least 4 members (excludes halogenated alkanes) is 2. The van der Waals surface area contributed by atoms with Crippen LogP contribution in [0.25, 0.3) is 11.1 Å². The molecule has 0 spiro atoms. The zero-order valence-electron chi connectivity index (χ0n) is 13.0. The lowest BCUT2D eigenvalue weighted by atomic mass is 9.99. The van der Waals surface area contributed by atoms with Gasteiger partial charge in [0.2, 0.25) is 0 Å². The van der Waals surface area contributed by atoms with E-state index < -0.39 is 5.97 Å². The summed E-state index contributed by atoms with van der Waals surface area (Å²) in [5, 5.41) is 11.5. The third-order valence-electron chi connectivity index (χ3n) is 3.61. The number of carbonyl (C=O) groups excluding carboxylic acids is 1. The molecule has 1 amide bonds. The molecular weight excluding hydrogens is 290 g/mol. The van der Waals surface area contributed by atoms with Crippen LogP contribution in [0.4, 0.5) is 0 Å². The summed E-state index contributed by atoms with van der Waals surface area (Å²) in [5.74, 6) is -0.867. The lowest BCUT2D eigenvalue weighted by Crippen LogP contribution is -2.25. The Kier molecular flexibility index (Phi) is 6.36. The number of carbonyl (C=O) groups is 2. The molecule has 0 saturated carbocycles. The first-order valence-electron chi connectivity index (χ1n) is 7.83. The number of hydrogen-bond acceptors (Lipinski definition) is 2. The number of nitrogens with one attached hydrogen (secondary N) is 1. The van der Waals surface area contributed by atoms with Crippen molar-refractivity contribution < 1.29 is 14.7 Å². The molecule has 0 saturated heterocycles. The van der Waals surface area contributed by atoms with E-state index in [0.717, 1.165) is 24.0 Å². The largest absolute Gasteiger partial charge is 0.481 e. The van der Waals surface area contributed by atoms with Crippen LogP contribution in [0.2, 0.25) is 0 Å². The number of amides is 1.